The van der Waals surface area contributed by atoms with Crippen molar-refractivity contribution in [1.82, 2.24) is 14.8 Å². The molecule has 3 aromatic rings. The molecule has 0 bridgehead atoms. The van der Waals surface area contributed by atoms with Crippen LogP contribution in [0.4, 0.5) is 9.52 Å². The molecule has 1 amide bonds. The highest BCUT2D eigenvalue weighted by atomic mass is 32.1. The van der Waals surface area contributed by atoms with Crippen molar-refractivity contribution in [2.24, 2.45) is 0 Å². The van der Waals surface area contributed by atoms with Crippen molar-refractivity contribution in [1.29, 1.82) is 0 Å². The Balaban J connectivity index is 1.14. The summed E-state index contributed by atoms with van der Waals surface area (Å²) < 4.78 is 13.2. The summed E-state index contributed by atoms with van der Waals surface area (Å²) in [5.41, 5.74) is 2.66. The molecule has 0 unspecified atom stereocenters. The van der Waals surface area contributed by atoms with E-state index in [0.29, 0.717) is 17.4 Å². The lowest BCUT2D eigenvalue weighted by Crippen LogP contribution is -2.62. The van der Waals surface area contributed by atoms with Crippen LogP contribution in [0.1, 0.15) is 24.8 Å². The number of β-amino-alcohol motifs (C(OH)–C–C–N with tert-alkyl or cyclic N) is 1. The van der Waals surface area contributed by atoms with Crippen LogP contribution in [0.2, 0.25) is 0 Å². The standard InChI is InChI=1S/C27H31FN4O2S/c28-22-9-7-21(8-10-22)23-19-35-26(29-23)30-25(34)18-31-16-13-27(24(33)17-31)12-4-14-32(27)15-11-20-5-2-1-3-6-20/h1-3,5-10,19,24,33H,4,11-18H2,(H,29,30,34)/t24-,27-/m0/s1. The first kappa shape index (κ1) is 24.1. The van der Waals surface area contributed by atoms with Gasteiger partial charge in [-0.25, -0.2) is 9.37 Å². The number of piperidine rings is 1. The van der Waals surface area contributed by atoms with Gasteiger partial charge in [-0.1, -0.05) is 30.3 Å². The Kier molecular flexibility index (Phi) is 7.24. The number of hydrogen-bond acceptors (Lipinski definition) is 6. The Bertz CT molecular complexity index is 1140. The van der Waals surface area contributed by atoms with Crippen molar-refractivity contribution in [3.8, 4) is 11.3 Å². The molecule has 1 spiro atoms. The monoisotopic (exact) mass is 494 g/mol. The largest absolute Gasteiger partial charge is 0.390 e. The van der Waals surface area contributed by atoms with E-state index < -0.39 is 6.10 Å². The molecule has 1 aromatic heterocycles. The predicted molar refractivity (Wildman–Crippen MR) is 137 cm³/mol. The molecule has 2 fully saturated rings. The second-order valence-electron chi connectivity index (χ2n) is 9.52. The fraction of sp³-hybridized carbons (Fsp3) is 0.407. The minimum atomic E-state index is -0.479. The Morgan fingerprint density at radius 2 is 1.94 bits per heavy atom. The van der Waals surface area contributed by atoms with Gasteiger partial charge in [0.25, 0.3) is 0 Å². The van der Waals surface area contributed by atoms with Gasteiger partial charge in [-0.3, -0.25) is 14.6 Å². The van der Waals surface area contributed by atoms with Crippen LogP contribution in [-0.2, 0) is 11.2 Å². The van der Waals surface area contributed by atoms with Crippen LogP contribution in [0.25, 0.3) is 11.3 Å². The number of anilines is 1. The van der Waals surface area contributed by atoms with Crippen molar-refractivity contribution in [2.45, 2.75) is 37.3 Å². The average Bonchev–Trinajstić information content (AvgIpc) is 3.49. The molecule has 2 aromatic carbocycles. The molecule has 2 aliphatic heterocycles. The summed E-state index contributed by atoms with van der Waals surface area (Å²) in [6, 6.07) is 16.6. The van der Waals surface area contributed by atoms with E-state index >= 15 is 0 Å². The van der Waals surface area contributed by atoms with Crippen molar-refractivity contribution < 1.29 is 14.3 Å². The first-order valence-electron chi connectivity index (χ1n) is 12.2. The zero-order valence-corrected chi connectivity index (χ0v) is 20.5. The molecule has 6 nitrogen and oxygen atoms in total. The number of benzene rings is 2. The van der Waals surface area contributed by atoms with E-state index in [-0.39, 0.29) is 23.8 Å². The van der Waals surface area contributed by atoms with Crippen LogP contribution >= 0.6 is 11.3 Å². The molecule has 8 heteroatoms. The van der Waals surface area contributed by atoms with E-state index in [4.69, 9.17) is 0 Å². The Morgan fingerprint density at radius 1 is 1.14 bits per heavy atom. The van der Waals surface area contributed by atoms with E-state index in [9.17, 15) is 14.3 Å². The second kappa shape index (κ2) is 10.5. The molecule has 3 heterocycles. The van der Waals surface area contributed by atoms with Gasteiger partial charge in [-0.2, -0.15) is 0 Å². The third-order valence-corrected chi connectivity index (χ3v) is 8.11. The molecule has 0 radical (unpaired) electrons. The molecule has 0 aliphatic carbocycles. The number of aromatic nitrogens is 1. The number of thiazole rings is 1. The van der Waals surface area contributed by atoms with E-state index in [1.807, 2.05) is 16.3 Å². The number of carbonyl (C=O) groups excluding carboxylic acids is 1. The summed E-state index contributed by atoms with van der Waals surface area (Å²) in [6.45, 7) is 3.47. The third-order valence-electron chi connectivity index (χ3n) is 7.35. The van der Waals surface area contributed by atoms with Gasteiger partial charge in [-0.05, 0) is 62.1 Å². The first-order valence-corrected chi connectivity index (χ1v) is 13.1. The number of aliphatic hydroxyl groups is 1. The lowest BCUT2D eigenvalue weighted by atomic mass is 9.82. The van der Waals surface area contributed by atoms with Crippen molar-refractivity contribution >= 4 is 22.4 Å². The highest BCUT2D eigenvalue weighted by Crippen LogP contribution is 2.38. The van der Waals surface area contributed by atoms with Crippen LogP contribution in [0.3, 0.4) is 0 Å². The molecular formula is C27H31FN4O2S. The summed E-state index contributed by atoms with van der Waals surface area (Å²) >= 11 is 1.35. The molecule has 0 saturated carbocycles. The fourth-order valence-electron chi connectivity index (χ4n) is 5.47. The van der Waals surface area contributed by atoms with Crippen LogP contribution in [0.5, 0.6) is 0 Å². The normalized spacial score (nSPS) is 23.1. The van der Waals surface area contributed by atoms with Crippen molar-refractivity contribution in [2.75, 3.05) is 38.0 Å². The minimum Gasteiger partial charge on any atom is -0.390 e. The SMILES string of the molecule is O=C(CN1CC[C@@]2(CCCN2CCc2ccccc2)[C@@H](O)C1)Nc1nc(-c2ccc(F)cc2)cs1. The lowest BCUT2D eigenvalue weighted by Gasteiger charge is -2.48. The second-order valence-corrected chi connectivity index (χ2v) is 10.4. The summed E-state index contributed by atoms with van der Waals surface area (Å²) in [5.74, 6) is -0.430. The molecule has 2 atom stereocenters. The maximum absolute atomic E-state index is 13.2. The summed E-state index contributed by atoms with van der Waals surface area (Å²) in [4.78, 5) is 21.7. The highest BCUT2D eigenvalue weighted by molar-refractivity contribution is 7.14. The molecule has 2 aliphatic rings. The minimum absolute atomic E-state index is 0.138. The fourth-order valence-corrected chi connectivity index (χ4v) is 6.21. The van der Waals surface area contributed by atoms with Crippen LogP contribution in [-0.4, -0.2) is 70.2 Å². The summed E-state index contributed by atoms with van der Waals surface area (Å²) in [5, 5.41) is 16.4. The van der Waals surface area contributed by atoms with Gasteiger partial charge in [0, 0.05) is 36.1 Å². The Labute approximate surface area is 209 Å². The number of aliphatic hydroxyl groups excluding tert-OH is 1. The lowest BCUT2D eigenvalue weighted by molar-refractivity contribution is -0.120. The molecule has 35 heavy (non-hydrogen) atoms. The van der Waals surface area contributed by atoms with Gasteiger partial charge in [0.2, 0.25) is 5.91 Å². The van der Waals surface area contributed by atoms with Gasteiger partial charge in [-0.15, -0.1) is 11.3 Å². The highest BCUT2D eigenvalue weighted by Gasteiger charge is 2.49. The number of likely N-dealkylation sites (tertiary alicyclic amines) is 2. The van der Waals surface area contributed by atoms with E-state index in [0.717, 1.165) is 50.9 Å². The molecule has 184 valence electrons. The van der Waals surface area contributed by atoms with E-state index in [1.165, 1.54) is 29.0 Å². The summed E-state index contributed by atoms with van der Waals surface area (Å²) in [7, 11) is 0. The topological polar surface area (TPSA) is 68.7 Å². The zero-order valence-electron chi connectivity index (χ0n) is 19.7. The van der Waals surface area contributed by atoms with E-state index in [2.05, 4.69) is 39.5 Å². The van der Waals surface area contributed by atoms with Gasteiger partial charge >= 0.3 is 0 Å². The van der Waals surface area contributed by atoms with Crippen molar-refractivity contribution in [3.63, 3.8) is 0 Å². The third kappa shape index (κ3) is 5.46. The number of halogens is 1. The van der Waals surface area contributed by atoms with Crippen molar-refractivity contribution in [3.05, 3.63) is 71.4 Å². The first-order chi connectivity index (χ1) is 17.0. The molecule has 5 rings (SSSR count). The van der Waals surface area contributed by atoms with Gasteiger partial charge in [0.1, 0.15) is 5.82 Å². The molecule has 2 saturated heterocycles. The number of nitrogens with one attached hydrogen (secondary N) is 1. The average molecular weight is 495 g/mol. The van der Waals surface area contributed by atoms with Crippen LogP contribution < -0.4 is 5.32 Å². The number of amides is 1. The van der Waals surface area contributed by atoms with Gasteiger partial charge < -0.3 is 10.4 Å². The van der Waals surface area contributed by atoms with Crippen LogP contribution in [0.15, 0.2) is 60.0 Å². The smallest absolute Gasteiger partial charge is 0.240 e. The predicted octanol–water partition coefficient (Wildman–Crippen LogP) is 4.03. The number of carbonyl (C=O) groups is 1. The maximum atomic E-state index is 13.2. The quantitative estimate of drug-likeness (QED) is 0.519. The molecule has 2 N–H and O–H groups in total. The van der Waals surface area contributed by atoms with Crippen LogP contribution in [0, 0.1) is 5.82 Å². The molecular weight excluding hydrogens is 463 g/mol. The summed E-state index contributed by atoms with van der Waals surface area (Å²) in [6.07, 6.45) is 3.48. The van der Waals surface area contributed by atoms with Gasteiger partial charge in [0.15, 0.2) is 5.13 Å². The Hall–Kier alpha value is -2.65. The maximum Gasteiger partial charge on any atom is 0.240 e. The Morgan fingerprint density at radius 3 is 2.71 bits per heavy atom. The number of nitrogens with zero attached hydrogens (tertiary/aromatic N) is 3. The van der Waals surface area contributed by atoms with Gasteiger partial charge in [0.05, 0.1) is 18.3 Å². The van der Waals surface area contributed by atoms with E-state index in [1.54, 1.807) is 12.1 Å². The zero-order chi connectivity index (χ0) is 24.3. The number of hydrogen-bond donors (Lipinski definition) is 2. The number of rotatable bonds is 7.